The van der Waals surface area contributed by atoms with Gasteiger partial charge in [0.1, 0.15) is 11.9 Å². The van der Waals surface area contributed by atoms with Gasteiger partial charge in [0, 0.05) is 62.8 Å². The Kier molecular flexibility index (Phi) is 5.32. The van der Waals surface area contributed by atoms with Crippen molar-refractivity contribution in [3.8, 4) is 0 Å². The van der Waals surface area contributed by atoms with Crippen molar-refractivity contribution < 1.29 is 9.59 Å². The van der Waals surface area contributed by atoms with E-state index in [2.05, 4.69) is 31.1 Å². The van der Waals surface area contributed by atoms with Crippen LogP contribution >= 0.6 is 0 Å². The predicted octanol–water partition coefficient (Wildman–Crippen LogP) is 1.31. The summed E-state index contributed by atoms with van der Waals surface area (Å²) in [4.78, 5) is 35.7. The molecule has 0 aliphatic carbocycles. The number of nitrogen functional groups attached to an aromatic ring is 1. The Bertz CT molecular complexity index is 1270. The summed E-state index contributed by atoms with van der Waals surface area (Å²) >= 11 is 0. The summed E-state index contributed by atoms with van der Waals surface area (Å²) in [5.74, 6) is 0.0709. The van der Waals surface area contributed by atoms with Gasteiger partial charge in [-0.15, -0.1) is 0 Å². The van der Waals surface area contributed by atoms with Gasteiger partial charge in [0.05, 0.1) is 23.1 Å². The number of amides is 2. The van der Waals surface area contributed by atoms with E-state index in [9.17, 15) is 9.59 Å². The molecule has 0 spiro atoms. The number of benzene rings is 1. The van der Waals surface area contributed by atoms with E-state index in [1.165, 1.54) is 5.69 Å². The number of aromatic nitrogens is 3. The molecule has 5 heterocycles. The van der Waals surface area contributed by atoms with Crippen LogP contribution in [0.3, 0.4) is 0 Å². The molecule has 6 rings (SSSR count). The number of nitrogens with two attached hydrogens (primary N) is 1. The molecule has 2 amide bonds. The van der Waals surface area contributed by atoms with E-state index in [1.54, 1.807) is 4.68 Å². The summed E-state index contributed by atoms with van der Waals surface area (Å²) in [5.41, 5.74) is 9.86. The van der Waals surface area contributed by atoms with E-state index >= 15 is 0 Å². The van der Waals surface area contributed by atoms with Crippen LogP contribution in [-0.2, 0) is 9.59 Å². The summed E-state index contributed by atoms with van der Waals surface area (Å²) < 4.78 is 1.81. The Labute approximate surface area is 203 Å². The molecule has 1 unspecified atom stereocenters. The summed E-state index contributed by atoms with van der Waals surface area (Å²) in [6.45, 7) is 7.94. The maximum absolute atomic E-state index is 12.5. The van der Waals surface area contributed by atoms with Gasteiger partial charge in [-0.05, 0) is 37.6 Å². The van der Waals surface area contributed by atoms with Crippen molar-refractivity contribution >= 4 is 39.9 Å². The second kappa shape index (κ2) is 8.53. The SMILES string of the molecule is Cc1nn(C2CCC(=O)NC2=O)c2cccc(N3CCN(C4CN(c5ccc(N)nc5)C4)CC3)c12. The largest absolute Gasteiger partial charge is 0.384 e. The molecule has 10 heteroatoms. The molecule has 3 fully saturated rings. The predicted molar refractivity (Wildman–Crippen MR) is 134 cm³/mol. The van der Waals surface area contributed by atoms with Gasteiger partial charge in [-0.2, -0.15) is 5.10 Å². The van der Waals surface area contributed by atoms with Gasteiger partial charge in [0.25, 0.3) is 5.91 Å². The van der Waals surface area contributed by atoms with Crippen molar-refractivity contribution in [2.75, 3.05) is 54.8 Å². The number of fused-ring (bicyclic) bond motifs is 1. The van der Waals surface area contributed by atoms with Gasteiger partial charge in [-0.25, -0.2) is 4.98 Å². The highest BCUT2D eigenvalue weighted by Gasteiger charge is 2.35. The molecule has 35 heavy (non-hydrogen) atoms. The average molecular weight is 475 g/mol. The Morgan fingerprint density at radius 2 is 1.83 bits per heavy atom. The van der Waals surface area contributed by atoms with Gasteiger partial charge in [-0.1, -0.05) is 6.07 Å². The highest BCUT2D eigenvalue weighted by Crippen LogP contribution is 2.34. The van der Waals surface area contributed by atoms with Crippen molar-refractivity contribution in [2.24, 2.45) is 0 Å². The molecule has 3 aliphatic heterocycles. The van der Waals surface area contributed by atoms with Gasteiger partial charge >= 0.3 is 0 Å². The zero-order chi connectivity index (χ0) is 24.1. The normalized spacial score (nSPS) is 21.9. The minimum atomic E-state index is -0.450. The number of carbonyl (C=O) groups is 2. The number of aryl methyl sites for hydroxylation is 1. The topological polar surface area (TPSA) is 113 Å². The van der Waals surface area contributed by atoms with Crippen molar-refractivity contribution in [1.82, 2.24) is 25.0 Å². The lowest BCUT2D eigenvalue weighted by atomic mass is 10.0. The van der Waals surface area contributed by atoms with Crippen LogP contribution in [0.5, 0.6) is 0 Å². The van der Waals surface area contributed by atoms with Crippen molar-refractivity contribution in [3.63, 3.8) is 0 Å². The van der Waals surface area contributed by atoms with Crippen LogP contribution in [0.4, 0.5) is 17.2 Å². The number of anilines is 3. The highest BCUT2D eigenvalue weighted by molar-refractivity contribution is 6.01. The second-order valence-electron chi connectivity index (χ2n) is 9.69. The van der Waals surface area contributed by atoms with Gasteiger partial charge < -0.3 is 15.5 Å². The maximum atomic E-state index is 12.5. The van der Waals surface area contributed by atoms with E-state index < -0.39 is 6.04 Å². The van der Waals surface area contributed by atoms with Crippen LogP contribution in [0.2, 0.25) is 0 Å². The summed E-state index contributed by atoms with van der Waals surface area (Å²) in [6.07, 6.45) is 2.67. The number of hydrogen-bond acceptors (Lipinski definition) is 8. The molecular weight excluding hydrogens is 444 g/mol. The zero-order valence-electron chi connectivity index (χ0n) is 19.9. The van der Waals surface area contributed by atoms with Crippen LogP contribution in [0.25, 0.3) is 10.9 Å². The number of nitrogens with one attached hydrogen (secondary N) is 1. The molecular formula is C25H30N8O2. The van der Waals surface area contributed by atoms with Crippen molar-refractivity contribution in [2.45, 2.75) is 31.8 Å². The third-order valence-corrected chi connectivity index (χ3v) is 7.56. The lowest BCUT2D eigenvalue weighted by molar-refractivity contribution is -0.135. The highest BCUT2D eigenvalue weighted by atomic mass is 16.2. The third-order valence-electron chi connectivity index (χ3n) is 7.56. The molecule has 0 bridgehead atoms. The monoisotopic (exact) mass is 474 g/mol. The van der Waals surface area contributed by atoms with Gasteiger partial charge in [-0.3, -0.25) is 24.5 Å². The average Bonchev–Trinajstić information content (AvgIpc) is 3.16. The number of hydrogen-bond donors (Lipinski definition) is 2. The molecule has 182 valence electrons. The van der Waals surface area contributed by atoms with E-state index in [-0.39, 0.29) is 11.8 Å². The number of piperidine rings is 1. The standard InChI is InChI=1S/C25H30N8O2/c1-16-24-19(3-2-4-20(24)33(29-16)21-6-8-23(34)28-25(21)35)31-11-9-30(10-12-31)18-14-32(15-18)17-5-7-22(26)27-13-17/h2-5,7,13,18,21H,6,8-12,14-15H2,1H3,(H2,26,27)(H,28,34,35). The van der Waals surface area contributed by atoms with Gasteiger partial charge in [0.15, 0.2) is 0 Å². The Morgan fingerprint density at radius 1 is 1.03 bits per heavy atom. The molecule has 1 atom stereocenters. The minimum Gasteiger partial charge on any atom is -0.384 e. The number of rotatable bonds is 4. The smallest absolute Gasteiger partial charge is 0.251 e. The van der Waals surface area contributed by atoms with Crippen LogP contribution < -0.4 is 20.9 Å². The van der Waals surface area contributed by atoms with E-state index in [1.807, 2.05) is 37.4 Å². The lowest BCUT2D eigenvalue weighted by Gasteiger charge is -2.49. The Morgan fingerprint density at radius 3 is 2.54 bits per heavy atom. The Hall–Kier alpha value is -3.66. The van der Waals surface area contributed by atoms with Crippen LogP contribution in [0.1, 0.15) is 24.6 Å². The van der Waals surface area contributed by atoms with Crippen molar-refractivity contribution in [3.05, 3.63) is 42.2 Å². The van der Waals surface area contributed by atoms with Crippen LogP contribution in [-0.4, -0.2) is 76.8 Å². The fourth-order valence-electron chi connectivity index (χ4n) is 5.58. The van der Waals surface area contributed by atoms with Gasteiger partial charge in [0.2, 0.25) is 5.91 Å². The molecule has 3 saturated heterocycles. The van der Waals surface area contributed by atoms with E-state index in [0.29, 0.717) is 24.7 Å². The number of imide groups is 1. The molecule has 3 aliphatic rings. The quantitative estimate of drug-likeness (QED) is 0.545. The maximum Gasteiger partial charge on any atom is 0.251 e. The zero-order valence-corrected chi connectivity index (χ0v) is 19.9. The summed E-state index contributed by atoms with van der Waals surface area (Å²) in [6, 6.07) is 10.2. The molecule has 1 aromatic carbocycles. The van der Waals surface area contributed by atoms with Crippen molar-refractivity contribution in [1.29, 1.82) is 0 Å². The lowest BCUT2D eigenvalue weighted by Crippen LogP contribution is -2.63. The van der Waals surface area contributed by atoms with E-state index in [4.69, 9.17) is 10.8 Å². The fourth-order valence-corrected chi connectivity index (χ4v) is 5.58. The molecule has 3 N–H and O–H groups in total. The molecule has 0 saturated carbocycles. The first kappa shape index (κ1) is 21.8. The Balaban J connectivity index is 1.14. The molecule has 10 nitrogen and oxygen atoms in total. The summed E-state index contributed by atoms with van der Waals surface area (Å²) in [7, 11) is 0. The van der Waals surface area contributed by atoms with E-state index in [0.717, 1.165) is 61.6 Å². The minimum absolute atomic E-state index is 0.210. The molecule has 3 aromatic rings. The number of nitrogens with zero attached hydrogens (tertiary/aromatic N) is 6. The third kappa shape index (κ3) is 3.87. The second-order valence-corrected chi connectivity index (χ2v) is 9.69. The molecule has 2 aromatic heterocycles. The summed E-state index contributed by atoms with van der Waals surface area (Å²) in [5, 5.41) is 8.29. The first-order valence-corrected chi connectivity index (χ1v) is 12.2. The van der Waals surface area contributed by atoms with Crippen LogP contribution in [0.15, 0.2) is 36.5 Å². The number of piperazine rings is 1. The number of pyridine rings is 1. The van der Waals surface area contributed by atoms with Crippen LogP contribution in [0, 0.1) is 6.92 Å². The first-order chi connectivity index (χ1) is 17.0. The number of carbonyl (C=O) groups excluding carboxylic acids is 2. The first-order valence-electron chi connectivity index (χ1n) is 12.2. The molecule has 0 radical (unpaired) electrons. The fraction of sp³-hybridized carbons (Fsp3) is 0.440.